The minimum Gasteiger partial charge on any atom is -0.495 e. The standard InChI is InChI=1S/C13H19FN2O/c1-8(9-4-5-9)16(2)12-7-13(17-3)11(15)6-10(12)14/h6-9H,4-5,15H2,1-3H3. The van der Waals surface area contributed by atoms with Crippen molar-refractivity contribution in [3.8, 4) is 5.75 Å². The SMILES string of the molecule is COc1cc(N(C)C(C)C2CC2)c(F)cc1N. The number of benzene rings is 1. The molecule has 0 saturated heterocycles. The van der Waals surface area contributed by atoms with Crippen LogP contribution in [0.25, 0.3) is 0 Å². The molecule has 0 spiro atoms. The van der Waals surface area contributed by atoms with Crippen molar-refractivity contribution in [3.63, 3.8) is 0 Å². The van der Waals surface area contributed by atoms with E-state index < -0.39 is 0 Å². The fraction of sp³-hybridized carbons (Fsp3) is 0.538. The Hall–Kier alpha value is -1.45. The summed E-state index contributed by atoms with van der Waals surface area (Å²) in [7, 11) is 3.45. The average molecular weight is 238 g/mol. The summed E-state index contributed by atoms with van der Waals surface area (Å²) in [5.41, 5.74) is 6.55. The third-order valence-electron chi connectivity index (χ3n) is 3.59. The Morgan fingerprint density at radius 1 is 1.47 bits per heavy atom. The summed E-state index contributed by atoms with van der Waals surface area (Å²) in [6, 6.07) is 3.34. The average Bonchev–Trinajstić information content (AvgIpc) is 3.11. The van der Waals surface area contributed by atoms with Gasteiger partial charge in [0.25, 0.3) is 0 Å². The second kappa shape index (κ2) is 4.43. The molecule has 3 nitrogen and oxygen atoms in total. The van der Waals surface area contributed by atoms with Gasteiger partial charge in [-0.05, 0) is 25.7 Å². The number of ether oxygens (including phenoxy) is 1. The zero-order valence-electron chi connectivity index (χ0n) is 10.5. The van der Waals surface area contributed by atoms with Crippen LogP contribution >= 0.6 is 0 Å². The van der Waals surface area contributed by atoms with Gasteiger partial charge in [-0.3, -0.25) is 0 Å². The quantitative estimate of drug-likeness (QED) is 0.819. The van der Waals surface area contributed by atoms with Crippen LogP contribution in [0.4, 0.5) is 15.8 Å². The Morgan fingerprint density at radius 3 is 2.65 bits per heavy atom. The van der Waals surface area contributed by atoms with Crippen molar-refractivity contribution in [1.82, 2.24) is 0 Å². The Labute approximate surface area is 101 Å². The first kappa shape index (κ1) is 12.0. The van der Waals surface area contributed by atoms with Crippen molar-refractivity contribution >= 4 is 11.4 Å². The number of methoxy groups -OCH3 is 1. The Morgan fingerprint density at radius 2 is 2.12 bits per heavy atom. The number of anilines is 2. The predicted octanol–water partition coefficient (Wildman–Crippen LogP) is 2.65. The van der Waals surface area contributed by atoms with Crippen LogP contribution in [-0.4, -0.2) is 20.2 Å². The summed E-state index contributed by atoms with van der Waals surface area (Å²) in [6.07, 6.45) is 2.47. The van der Waals surface area contributed by atoms with E-state index in [1.165, 1.54) is 26.0 Å². The molecule has 0 bridgehead atoms. The molecule has 0 aromatic heterocycles. The van der Waals surface area contributed by atoms with Gasteiger partial charge in [0.05, 0.1) is 18.5 Å². The van der Waals surface area contributed by atoms with Gasteiger partial charge in [-0.15, -0.1) is 0 Å². The molecular formula is C13H19FN2O. The van der Waals surface area contributed by atoms with Gasteiger partial charge in [0.15, 0.2) is 0 Å². The maximum atomic E-state index is 13.9. The van der Waals surface area contributed by atoms with E-state index in [9.17, 15) is 4.39 Å². The van der Waals surface area contributed by atoms with Gasteiger partial charge in [0.2, 0.25) is 0 Å². The molecule has 0 amide bonds. The smallest absolute Gasteiger partial charge is 0.148 e. The molecule has 94 valence electrons. The molecule has 1 aliphatic carbocycles. The topological polar surface area (TPSA) is 38.5 Å². The summed E-state index contributed by atoms with van der Waals surface area (Å²) < 4.78 is 19.0. The molecule has 1 atom stereocenters. The Balaban J connectivity index is 2.29. The highest BCUT2D eigenvalue weighted by Gasteiger charge is 2.31. The van der Waals surface area contributed by atoms with Crippen LogP contribution in [0, 0.1) is 11.7 Å². The van der Waals surface area contributed by atoms with Crippen LogP contribution < -0.4 is 15.4 Å². The lowest BCUT2D eigenvalue weighted by Gasteiger charge is -2.28. The van der Waals surface area contributed by atoms with Gasteiger partial charge in [-0.1, -0.05) is 0 Å². The number of nitrogens with zero attached hydrogens (tertiary/aromatic N) is 1. The number of hydrogen-bond donors (Lipinski definition) is 1. The molecule has 1 aromatic carbocycles. The molecule has 17 heavy (non-hydrogen) atoms. The van der Waals surface area contributed by atoms with E-state index in [2.05, 4.69) is 6.92 Å². The van der Waals surface area contributed by atoms with Gasteiger partial charge in [-0.25, -0.2) is 4.39 Å². The molecule has 1 aromatic rings. The highest BCUT2D eigenvalue weighted by molar-refractivity contribution is 5.63. The Kier molecular flexibility index (Phi) is 3.13. The van der Waals surface area contributed by atoms with Gasteiger partial charge in [-0.2, -0.15) is 0 Å². The normalized spacial score (nSPS) is 16.7. The largest absolute Gasteiger partial charge is 0.495 e. The van der Waals surface area contributed by atoms with Crippen LogP contribution in [-0.2, 0) is 0 Å². The van der Waals surface area contributed by atoms with Crippen LogP contribution in [0.5, 0.6) is 5.75 Å². The molecule has 4 heteroatoms. The minimum absolute atomic E-state index is 0.293. The summed E-state index contributed by atoms with van der Waals surface area (Å²) in [5, 5.41) is 0. The molecule has 2 N–H and O–H groups in total. The third kappa shape index (κ3) is 2.30. The number of halogens is 1. The molecule has 0 aliphatic heterocycles. The second-order valence-corrected chi connectivity index (χ2v) is 4.73. The van der Waals surface area contributed by atoms with E-state index in [1.807, 2.05) is 11.9 Å². The number of rotatable bonds is 4. The first-order chi connectivity index (χ1) is 8.04. The van der Waals surface area contributed by atoms with Crippen LogP contribution in [0.2, 0.25) is 0 Å². The third-order valence-corrected chi connectivity index (χ3v) is 3.59. The van der Waals surface area contributed by atoms with Crippen LogP contribution in [0.3, 0.4) is 0 Å². The van der Waals surface area contributed by atoms with Gasteiger partial charge in [0.1, 0.15) is 11.6 Å². The van der Waals surface area contributed by atoms with E-state index in [-0.39, 0.29) is 5.82 Å². The molecular weight excluding hydrogens is 219 g/mol. The Bertz CT molecular complexity index is 418. The molecule has 1 aliphatic rings. The fourth-order valence-electron chi connectivity index (χ4n) is 2.12. The summed E-state index contributed by atoms with van der Waals surface area (Å²) in [6.45, 7) is 2.12. The lowest BCUT2D eigenvalue weighted by molar-refractivity contribution is 0.415. The van der Waals surface area contributed by atoms with E-state index in [0.29, 0.717) is 29.1 Å². The zero-order chi connectivity index (χ0) is 12.6. The lowest BCUT2D eigenvalue weighted by atomic mass is 10.1. The van der Waals surface area contributed by atoms with Crippen molar-refractivity contribution in [2.75, 3.05) is 24.8 Å². The van der Waals surface area contributed by atoms with Crippen molar-refractivity contribution in [2.45, 2.75) is 25.8 Å². The van der Waals surface area contributed by atoms with Crippen molar-refractivity contribution in [2.24, 2.45) is 5.92 Å². The second-order valence-electron chi connectivity index (χ2n) is 4.73. The summed E-state index contributed by atoms with van der Waals surface area (Å²) in [5.74, 6) is 0.914. The van der Waals surface area contributed by atoms with E-state index in [0.717, 1.165) is 0 Å². The first-order valence-corrected chi connectivity index (χ1v) is 5.90. The molecule has 0 radical (unpaired) electrons. The van der Waals surface area contributed by atoms with Crippen molar-refractivity contribution in [3.05, 3.63) is 17.9 Å². The number of nitrogen functional groups attached to an aromatic ring is 1. The van der Waals surface area contributed by atoms with Crippen LogP contribution in [0.15, 0.2) is 12.1 Å². The van der Waals surface area contributed by atoms with E-state index in [1.54, 1.807) is 6.07 Å². The van der Waals surface area contributed by atoms with E-state index in [4.69, 9.17) is 10.5 Å². The van der Waals surface area contributed by atoms with Gasteiger partial charge in [0, 0.05) is 25.2 Å². The molecule has 2 rings (SSSR count). The number of nitrogens with two attached hydrogens (primary N) is 1. The predicted molar refractivity (Wildman–Crippen MR) is 68.0 cm³/mol. The minimum atomic E-state index is -0.293. The van der Waals surface area contributed by atoms with E-state index >= 15 is 0 Å². The van der Waals surface area contributed by atoms with Crippen LogP contribution in [0.1, 0.15) is 19.8 Å². The summed E-state index contributed by atoms with van der Waals surface area (Å²) >= 11 is 0. The highest BCUT2D eigenvalue weighted by Crippen LogP contribution is 2.38. The maximum Gasteiger partial charge on any atom is 0.148 e. The van der Waals surface area contributed by atoms with Crippen molar-refractivity contribution < 1.29 is 9.13 Å². The number of hydrogen-bond acceptors (Lipinski definition) is 3. The molecule has 0 heterocycles. The van der Waals surface area contributed by atoms with Crippen molar-refractivity contribution in [1.29, 1.82) is 0 Å². The highest BCUT2D eigenvalue weighted by atomic mass is 19.1. The molecule has 1 saturated carbocycles. The molecule has 1 fully saturated rings. The summed E-state index contributed by atoms with van der Waals surface area (Å²) in [4.78, 5) is 1.97. The first-order valence-electron chi connectivity index (χ1n) is 5.90. The fourth-order valence-corrected chi connectivity index (χ4v) is 2.12. The monoisotopic (exact) mass is 238 g/mol. The molecule has 1 unspecified atom stereocenters. The lowest BCUT2D eigenvalue weighted by Crippen LogP contribution is -2.31. The van der Waals surface area contributed by atoms with Gasteiger partial charge < -0.3 is 15.4 Å². The maximum absolute atomic E-state index is 13.9. The zero-order valence-corrected chi connectivity index (χ0v) is 10.5. The van der Waals surface area contributed by atoms with Gasteiger partial charge >= 0.3 is 0 Å².